The number of nitro benzene ring substituents is 2. The minimum Gasteiger partial charge on any atom is -0.332 e. The number of anilines is 15. The smallest absolute Gasteiger partial charge is 0.277 e. The first-order valence-electron chi connectivity index (χ1n) is 43.5. The highest BCUT2D eigenvalue weighted by atomic mass is 35.5. The molecule has 1 aliphatic rings. The number of nitrogens with zero attached hydrogens (tertiary/aromatic N) is 7. The van der Waals surface area contributed by atoms with E-state index in [2.05, 4.69) is 75.0 Å². The van der Waals surface area contributed by atoms with E-state index in [4.69, 9.17) is 44.8 Å². The molecule has 0 unspecified atom stereocenters. The molecule has 0 saturated heterocycles. The molecule has 139 heavy (non-hydrogen) atoms. The van der Waals surface area contributed by atoms with Crippen molar-refractivity contribution in [3.63, 3.8) is 0 Å². The summed E-state index contributed by atoms with van der Waals surface area (Å²) in [4.78, 5) is 109. The number of amides is 5. The van der Waals surface area contributed by atoms with E-state index in [1.165, 1.54) is 57.4 Å². The number of carbonyl (C=O) groups is 5. The number of thiazole rings is 5. The molecule has 6 aromatic heterocycles. The quantitative estimate of drug-likeness (QED) is 0.0210. The van der Waals surface area contributed by atoms with Gasteiger partial charge in [0.15, 0.2) is 25.7 Å². The van der Waals surface area contributed by atoms with E-state index in [0.29, 0.717) is 43.8 Å². The van der Waals surface area contributed by atoms with Gasteiger partial charge in [-0.1, -0.05) is 269 Å². The van der Waals surface area contributed by atoms with Crippen molar-refractivity contribution in [2.75, 3.05) is 53.2 Å². The summed E-state index contributed by atoms with van der Waals surface area (Å²) in [5.74, 6) is -1.10. The minimum absolute atomic E-state index is 0.0900. The summed E-state index contributed by atoms with van der Waals surface area (Å²) >= 11 is 27.4. The molecule has 0 radical (unpaired) electrons. The first kappa shape index (κ1) is 95.2. The van der Waals surface area contributed by atoms with Crippen LogP contribution in [0.1, 0.15) is 84.7 Å². The predicted octanol–water partition coefficient (Wildman–Crippen LogP) is 30.3. The highest BCUT2D eigenvalue weighted by molar-refractivity contribution is 7.24. The first-order valence-corrected chi connectivity index (χ1v) is 49.5. The van der Waals surface area contributed by atoms with Gasteiger partial charge in [-0.2, -0.15) is 0 Å². The summed E-state index contributed by atoms with van der Waals surface area (Å²) < 4.78 is 4.85. The number of non-ortho nitro benzene ring substituents is 2. The van der Waals surface area contributed by atoms with Gasteiger partial charge in [-0.15, -0.1) is 11.3 Å². The molecule has 10 N–H and O–H groups in total. The Labute approximate surface area is 833 Å². The van der Waals surface area contributed by atoms with E-state index in [1.54, 1.807) is 52.2 Å². The number of halogens is 3. The van der Waals surface area contributed by atoms with Crippen molar-refractivity contribution in [1.29, 1.82) is 0 Å². The zero-order chi connectivity index (χ0) is 96.3. The Morgan fingerprint density at radius 1 is 0.331 bits per heavy atom. The highest BCUT2D eigenvalue weighted by Crippen LogP contribution is 2.41. The zero-order valence-electron chi connectivity index (χ0n) is 73.4. The molecule has 35 heteroatoms. The molecule has 0 spiro atoms. The summed E-state index contributed by atoms with van der Waals surface area (Å²) in [7, 11) is 0. The molecule has 1 aliphatic carbocycles. The third-order valence-electron chi connectivity index (χ3n) is 21.5. The van der Waals surface area contributed by atoms with Gasteiger partial charge < -0.3 is 53.2 Å². The predicted molar refractivity (Wildman–Crippen MR) is 573 cm³/mol. The number of nitro groups is 2. The number of aromatic nitrogens is 5. The molecular formula is C104H80Cl3N17O9S6. The van der Waals surface area contributed by atoms with Crippen molar-refractivity contribution in [3.8, 4) is 0 Å². The monoisotopic (exact) mass is 2010 g/mol. The fourth-order valence-electron chi connectivity index (χ4n) is 14.8. The van der Waals surface area contributed by atoms with Crippen LogP contribution < -0.4 is 53.2 Å². The number of benzene rings is 14. The molecule has 0 aliphatic heterocycles. The molecule has 20 aromatic rings. The largest absolute Gasteiger partial charge is 0.332 e. The van der Waals surface area contributed by atoms with Gasteiger partial charge in [-0.05, 0) is 188 Å². The maximum atomic E-state index is 12.8. The number of nitrogens with one attached hydrogen (secondary N) is 10. The van der Waals surface area contributed by atoms with E-state index in [1.807, 2.05) is 279 Å². The van der Waals surface area contributed by atoms with Gasteiger partial charge in [-0.25, -0.2) is 24.9 Å². The number of aryl methyl sites for hydroxylation is 1. The molecule has 1 fully saturated rings. The third-order valence-corrected chi connectivity index (χ3v) is 28.2. The van der Waals surface area contributed by atoms with Crippen molar-refractivity contribution >= 4 is 288 Å². The Balaban J connectivity index is 0.000000120. The summed E-state index contributed by atoms with van der Waals surface area (Å²) in [6, 6.07) is 101. The number of rotatable bonds is 23. The number of carbonyl (C=O) groups excluding carboxylic acids is 5. The summed E-state index contributed by atoms with van der Waals surface area (Å²) in [5, 5.41) is 59.9. The van der Waals surface area contributed by atoms with Crippen LogP contribution >= 0.6 is 103 Å². The Morgan fingerprint density at radius 3 is 1.01 bits per heavy atom. The fourth-order valence-corrected chi connectivity index (χ4v) is 21.2. The van der Waals surface area contributed by atoms with Crippen LogP contribution in [-0.2, 0) is 11.2 Å². The van der Waals surface area contributed by atoms with Crippen LogP contribution in [0.4, 0.5) is 93.9 Å². The summed E-state index contributed by atoms with van der Waals surface area (Å²) in [6.45, 7) is 2.09. The Hall–Kier alpha value is -15.5. The fraction of sp³-hybridized carbons (Fsp3) is 0.0769. The lowest BCUT2D eigenvalue weighted by Gasteiger charge is -2.20. The van der Waals surface area contributed by atoms with Crippen LogP contribution in [0.25, 0.3) is 61.9 Å². The molecule has 21 rings (SSSR count). The number of fused-ring (bicyclic) bond motifs is 6. The zero-order valence-corrected chi connectivity index (χ0v) is 80.6. The average molecular weight is 2010 g/mol. The van der Waals surface area contributed by atoms with Gasteiger partial charge in [0.1, 0.15) is 27.6 Å². The first-order chi connectivity index (χ1) is 67.7. The Bertz CT molecular complexity index is 7830. The molecule has 5 amide bonds. The lowest BCUT2D eigenvalue weighted by atomic mass is 9.88. The number of para-hydroxylation sites is 10. The lowest BCUT2D eigenvalue weighted by Crippen LogP contribution is -2.24. The maximum Gasteiger partial charge on any atom is 0.277 e. The van der Waals surface area contributed by atoms with Gasteiger partial charge >= 0.3 is 0 Å². The van der Waals surface area contributed by atoms with Crippen LogP contribution in [0, 0.1) is 26.1 Å². The van der Waals surface area contributed by atoms with Crippen LogP contribution in [-0.4, -0.2) is 64.3 Å². The van der Waals surface area contributed by atoms with E-state index in [0.717, 1.165) is 166 Å². The van der Waals surface area contributed by atoms with Crippen LogP contribution in [0.3, 0.4) is 0 Å². The van der Waals surface area contributed by atoms with Crippen molar-refractivity contribution in [2.24, 2.45) is 5.92 Å². The highest BCUT2D eigenvalue weighted by Gasteiger charge is 2.26. The number of hydrogen-bond acceptors (Lipinski definition) is 25. The molecular weight excluding hydrogens is 1930 g/mol. The van der Waals surface area contributed by atoms with E-state index in [-0.39, 0.29) is 44.8 Å². The minimum atomic E-state index is -0.785. The standard InChI is InChI=1S/C24H17N3OS.C20H12Cl3N3OS.C20H13N5O5S.C20H17N3OS2.C20H21N3OS/c28-23(18-14-13-16-7-4-5-8-17(16)15-18)26-20-11-6-12-21-22(20)27-24(29-21)25-19-9-2-1-3-10-19;21-11-9-13(22)17(14(23)10-11)19(27)25-15-7-4-8-16-18(15)26-20(28-16)24-12-5-2-1-3-6-12;26-19(12-9-14(24(27)28)11-15(10-12)25(29)30)22-16-7-4-8-17-18(16)23-20(31-17)21-13-5-2-1-3-6-13;1-2-14-11-12-17(25-14)19(24)22-15-9-6-10-16-18(15)23-20(26-16)21-13-7-4-3-5-8-13;24-19(14-8-3-1-4-9-14)22-16-12-7-13-17-18(16)23-20(25-17)21-15-10-5-2-6-11-15/h1-15H,(H,25,27)(H,26,28);1-10H,(H,24,26)(H,25,27);1-11H,(H,21,23)(H,22,26);3-12H,2H2,1H3,(H,21,23)(H,22,24);2,5-7,10-14H,1,3-4,8-9H2,(H,21,23)(H,22,24). The Kier molecular flexibility index (Phi) is 30.8. The second-order valence-corrected chi connectivity index (χ2v) is 38.7. The van der Waals surface area contributed by atoms with Gasteiger partial charge in [0.2, 0.25) is 5.91 Å². The molecule has 26 nitrogen and oxygen atoms in total. The van der Waals surface area contributed by atoms with Gasteiger partial charge in [0.05, 0.1) is 93.9 Å². The van der Waals surface area contributed by atoms with Gasteiger partial charge in [0, 0.05) is 62.0 Å². The molecule has 692 valence electrons. The number of thiophene rings is 1. The van der Waals surface area contributed by atoms with Crippen LogP contribution in [0.15, 0.2) is 328 Å². The normalized spacial score (nSPS) is 11.6. The van der Waals surface area contributed by atoms with Crippen molar-refractivity contribution in [2.45, 2.75) is 45.4 Å². The average Bonchev–Trinajstić information content (AvgIpc) is 1.74. The van der Waals surface area contributed by atoms with Crippen molar-refractivity contribution in [3.05, 3.63) is 389 Å². The van der Waals surface area contributed by atoms with Crippen molar-refractivity contribution < 1.29 is 33.8 Å². The second-order valence-electron chi connectivity index (χ2n) is 31.1. The SMILES string of the molecule is CCc1ccc(C(=O)Nc2cccc3sc(Nc4ccccc4)nc23)s1.O=C(Nc1cccc2sc(Nc3ccccc3)nc12)C1CCCCC1.O=C(Nc1cccc2sc(Nc3ccccc3)nc12)c1c(Cl)cc(Cl)cc1Cl.O=C(Nc1cccc2sc(Nc3ccccc3)nc12)c1cc([N+](=O)[O-])cc([N+](=O)[O-])c1.O=C(Nc1cccc2sc(Nc3ccccc3)nc12)c1ccc2ccccc2c1. The molecule has 6 heterocycles. The molecule has 0 atom stereocenters. The topological polar surface area (TPSA) is 356 Å². The lowest BCUT2D eigenvalue weighted by molar-refractivity contribution is -0.394. The van der Waals surface area contributed by atoms with Crippen molar-refractivity contribution in [1.82, 2.24) is 24.9 Å². The van der Waals surface area contributed by atoms with E-state index in [9.17, 15) is 44.2 Å². The summed E-state index contributed by atoms with van der Waals surface area (Å²) in [5.41, 5.74) is 11.1. The molecule has 0 bridgehead atoms. The van der Waals surface area contributed by atoms with Crippen LogP contribution in [0.2, 0.25) is 15.1 Å². The maximum absolute atomic E-state index is 12.8. The molecule has 14 aromatic carbocycles. The number of hydrogen-bond donors (Lipinski definition) is 10. The Morgan fingerprint density at radius 2 is 0.662 bits per heavy atom. The molecule has 1 saturated carbocycles. The second kappa shape index (κ2) is 45.0. The van der Waals surface area contributed by atoms with E-state index >= 15 is 0 Å². The van der Waals surface area contributed by atoms with Crippen LogP contribution in [0.5, 0.6) is 0 Å². The van der Waals surface area contributed by atoms with Gasteiger partial charge in [-0.3, -0.25) is 44.2 Å². The van der Waals surface area contributed by atoms with E-state index < -0.39 is 33.0 Å². The third kappa shape index (κ3) is 24.5. The summed E-state index contributed by atoms with van der Waals surface area (Å²) in [6.07, 6.45) is 6.50. The van der Waals surface area contributed by atoms with Gasteiger partial charge in [0.25, 0.3) is 35.0 Å².